The molecule has 1 fully saturated rings. The van der Waals surface area contributed by atoms with Gasteiger partial charge in [0.25, 0.3) is 0 Å². The van der Waals surface area contributed by atoms with Gasteiger partial charge in [0, 0.05) is 18.2 Å². The molecule has 0 radical (unpaired) electrons. The van der Waals surface area contributed by atoms with Crippen LogP contribution in [0.1, 0.15) is 5.56 Å². The van der Waals surface area contributed by atoms with E-state index < -0.39 is 43.4 Å². The van der Waals surface area contributed by atoms with Gasteiger partial charge < -0.3 is 54.7 Å². The first kappa shape index (κ1) is 23.0. The second kappa shape index (κ2) is 8.96. The number of aliphatic hydroxyl groups excluding tert-OH is 6. The van der Waals surface area contributed by atoms with Crippen LogP contribution in [0.4, 0.5) is 0 Å². The lowest BCUT2D eigenvalue weighted by molar-refractivity contribution is -0.290. The molecule has 1 aromatic carbocycles. The van der Waals surface area contributed by atoms with Gasteiger partial charge in [-0.25, -0.2) is 0 Å². The zero-order valence-electron chi connectivity index (χ0n) is 17.4. The predicted molar refractivity (Wildman–Crippen MR) is 112 cm³/mol. The first-order valence-electron chi connectivity index (χ1n) is 10.1. The number of ether oxygens (including phenoxy) is 4. The Bertz CT molecular complexity index is 1040. The highest BCUT2D eigenvalue weighted by Crippen LogP contribution is 2.38. The number of methoxy groups -OCH3 is 1. The van der Waals surface area contributed by atoms with Crippen LogP contribution in [0, 0.1) is 0 Å². The molecule has 8 N–H and O–H groups in total. The van der Waals surface area contributed by atoms with E-state index in [1.165, 1.54) is 37.5 Å². The number of aromatic hydroxyl groups is 1. The third-order valence-corrected chi connectivity index (χ3v) is 5.56. The quantitative estimate of drug-likeness (QED) is 0.283. The number of benzene rings is 1. The molecular formula is C22H25O11+. The molecule has 2 heterocycles. The minimum Gasteiger partial charge on any atom is -0.571 e. The standard InChI is InChI=1S/C22H24O11/c1-30-15-4-9(2-3-12(15)25)21-16(7-11-13(26)5-10(24)6-14(11)31-21)32-22-20(29)19(28)18(27)17(8-23)33-22/h2-7,14,17-20,22-29H,8H2,1H3/p+1/t14?,17-,18+,19+,20-,22-/m1/s1. The van der Waals surface area contributed by atoms with Crippen molar-refractivity contribution >= 4 is 5.76 Å². The Hall–Kier alpha value is -3.22. The van der Waals surface area contributed by atoms with Crippen molar-refractivity contribution in [1.82, 2.24) is 0 Å². The van der Waals surface area contributed by atoms with E-state index in [1.54, 1.807) is 0 Å². The minimum absolute atomic E-state index is 0.0214. The molecule has 178 valence electrons. The van der Waals surface area contributed by atoms with Crippen LogP contribution < -0.4 is 4.74 Å². The Kier molecular flexibility index (Phi) is 6.23. The minimum atomic E-state index is -1.67. The molecule has 0 saturated carbocycles. The fraction of sp³-hybridized carbons (Fsp3) is 0.364. The number of fused-ring (bicyclic) bond motifs is 1. The Morgan fingerprint density at radius 2 is 1.79 bits per heavy atom. The SMILES string of the molecule is COc1cc(C2=C(O[C@@H]3O[C@H](CO)[C@H](O)[C@H](O)[C@H]3O)C=C3C(O)=CC(O)=CC3[OH+]2)ccc1O. The molecule has 0 spiro atoms. The van der Waals surface area contributed by atoms with E-state index in [-0.39, 0.29) is 34.5 Å². The highest BCUT2D eigenvalue weighted by molar-refractivity contribution is 5.69. The van der Waals surface area contributed by atoms with Crippen LogP contribution in [0.2, 0.25) is 0 Å². The Balaban J connectivity index is 1.77. The summed E-state index contributed by atoms with van der Waals surface area (Å²) in [7, 11) is 1.37. The summed E-state index contributed by atoms with van der Waals surface area (Å²) in [5, 5.41) is 70.0. The second-order valence-electron chi connectivity index (χ2n) is 7.71. The van der Waals surface area contributed by atoms with Crippen molar-refractivity contribution in [2.75, 3.05) is 13.7 Å². The van der Waals surface area contributed by atoms with E-state index in [2.05, 4.69) is 4.74 Å². The van der Waals surface area contributed by atoms with E-state index in [4.69, 9.17) is 14.2 Å². The van der Waals surface area contributed by atoms with Gasteiger partial charge in [-0.2, -0.15) is 0 Å². The van der Waals surface area contributed by atoms with E-state index >= 15 is 0 Å². The van der Waals surface area contributed by atoms with Crippen LogP contribution in [-0.4, -0.2) is 91.0 Å². The van der Waals surface area contributed by atoms with Crippen LogP contribution >= 0.6 is 0 Å². The third-order valence-electron chi connectivity index (χ3n) is 5.56. The monoisotopic (exact) mass is 465 g/mol. The largest absolute Gasteiger partial charge is 0.571 e. The summed E-state index contributed by atoms with van der Waals surface area (Å²) in [5.74, 6) is -0.158. The number of phenolic OH excluding ortho intramolecular Hbond substituents is 1. The zero-order valence-corrected chi connectivity index (χ0v) is 17.4. The Morgan fingerprint density at radius 3 is 2.48 bits per heavy atom. The van der Waals surface area contributed by atoms with Crippen LogP contribution in [-0.2, 0) is 9.47 Å². The van der Waals surface area contributed by atoms with Crippen LogP contribution in [0.3, 0.4) is 0 Å². The van der Waals surface area contributed by atoms with Gasteiger partial charge in [-0.15, -0.1) is 0 Å². The molecule has 1 aliphatic carbocycles. The fourth-order valence-corrected chi connectivity index (χ4v) is 3.77. The number of aliphatic hydroxyl groups is 8. The van der Waals surface area contributed by atoms with Crippen molar-refractivity contribution in [3.8, 4) is 11.5 Å². The van der Waals surface area contributed by atoms with E-state index in [1.807, 2.05) is 0 Å². The Morgan fingerprint density at radius 1 is 1.03 bits per heavy atom. The maximum atomic E-state index is 10.4. The molecule has 4 rings (SSSR count). The summed E-state index contributed by atoms with van der Waals surface area (Å²) >= 11 is 0. The summed E-state index contributed by atoms with van der Waals surface area (Å²) in [6.45, 7) is -0.632. The van der Waals surface area contributed by atoms with Crippen molar-refractivity contribution in [2.45, 2.75) is 36.8 Å². The fourth-order valence-electron chi connectivity index (χ4n) is 3.77. The topological polar surface area (TPSA) is 182 Å². The molecule has 0 amide bonds. The maximum Gasteiger partial charge on any atom is 0.305 e. The molecule has 0 aromatic heterocycles. The summed E-state index contributed by atoms with van der Waals surface area (Å²) < 4.78 is 20.9. The average molecular weight is 465 g/mol. The summed E-state index contributed by atoms with van der Waals surface area (Å²) in [6, 6.07) is 4.41. The summed E-state index contributed by atoms with van der Waals surface area (Å²) in [4.78, 5) is 0. The third kappa shape index (κ3) is 4.24. The molecule has 11 nitrogen and oxygen atoms in total. The van der Waals surface area contributed by atoms with Gasteiger partial charge in [0.1, 0.15) is 35.9 Å². The van der Waals surface area contributed by atoms with E-state index in [0.717, 1.165) is 6.08 Å². The van der Waals surface area contributed by atoms with Gasteiger partial charge in [-0.05, 0) is 12.1 Å². The molecule has 3 aliphatic rings. The molecule has 1 saturated heterocycles. The number of phenols is 1. The molecule has 1 unspecified atom stereocenters. The first-order chi connectivity index (χ1) is 15.7. The van der Waals surface area contributed by atoms with Crippen LogP contribution in [0.25, 0.3) is 5.76 Å². The van der Waals surface area contributed by atoms with Gasteiger partial charge in [-0.3, -0.25) is 0 Å². The molecule has 33 heavy (non-hydrogen) atoms. The summed E-state index contributed by atoms with van der Waals surface area (Å²) in [5.41, 5.74) is 0.725. The molecule has 1 aromatic rings. The van der Waals surface area contributed by atoms with Gasteiger partial charge in [0.15, 0.2) is 11.5 Å². The van der Waals surface area contributed by atoms with E-state index in [9.17, 15) is 35.7 Å². The maximum absolute atomic E-state index is 10.4. The lowest BCUT2D eigenvalue weighted by Gasteiger charge is -2.40. The number of rotatable bonds is 5. The van der Waals surface area contributed by atoms with Gasteiger partial charge in [0.05, 0.1) is 30.9 Å². The average Bonchev–Trinajstić information content (AvgIpc) is 2.79. The molecule has 6 atom stereocenters. The summed E-state index contributed by atoms with van der Waals surface area (Å²) in [6.07, 6.45) is -4.33. The van der Waals surface area contributed by atoms with Crippen molar-refractivity contribution < 1.29 is 54.7 Å². The normalized spacial score (nSPS) is 31.6. The van der Waals surface area contributed by atoms with Gasteiger partial charge in [-0.1, -0.05) is 0 Å². The Labute approximate surface area is 188 Å². The molecule has 2 aliphatic heterocycles. The van der Waals surface area contributed by atoms with Gasteiger partial charge >= 0.3 is 5.76 Å². The van der Waals surface area contributed by atoms with E-state index in [0.29, 0.717) is 11.1 Å². The second-order valence-corrected chi connectivity index (χ2v) is 7.71. The molecule has 0 bridgehead atoms. The van der Waals surface area contributed by atoms with Crippen molar-refractivity contribution in [3.63, 3.8) is 0 Å². The first-order valence-corrected chi connectivity index (χ1v) is 10.1. The number of allylic oxidation sites excluding steroid dienone is 2. The lowest BCUT2D eigenvalue weighted by Crippen LogP contribution is -2.59. The lowest BCUT2D eigenvalue weighted by atomic mass is 9.96. The highest BCUT2D eigenvalue weighted by Gasteiger charge is 2.46. The van der Waals surface area contributed by atoms with Crippen molar-refractivity contribution in [2.24, 2.45) is 0 Å². The number of hydrogen-bond acceptors (Lipinski definition) is 10. The van der Waals surface area contributed by atoms with Crippen molar-refractivity contribution in [1.29, 1.82) is 0 Å². The predicted octanol–water partition coefficient (Wildman–Crippen LogP) is -0.380. The van der Waals surface area contributed by atoms with Crippen molar-refractivity contribution in [3.05, 3.63) is 64.8 Å². The molecular weight excluding hydrogens is 440 g/mol. The smallest absolute Gasteiger partial charge is 0.305 e. The number of hydrogen-bond donors (Lipinski definition) is 7. The van der Waals surface area contributed by atoms with Gasteiger partial charge in [0.2, 0.25) is 18.2 Å². The zero-order chi connectivity index (χ0) is 23.9. The highest BCUT2D eigenvalue weighted by atomic mass is 16.7. The molecule has 11 heteroatoms. The van der Waals surface area contributed by atoms with Crippen LogP contribution in [0.15, 0.2) is 59.3 Å². The van der Waals surface area contributed by atoms with Crippen LogP contribution in [0.5, 0.6) is 11.5 Å².